The molecule has 1 aromatic carbocycles. The minimum atomic E-state index is -0.244. The minimum absolute atomic E-state index is 0.175. The summed E-state index contributed by atoms with van der Waals surface area (Å²) in [6.45, 7) is 0. The molecule has 0 amide bonds. The largest absolute Gasteiger partial charge is 0.303 e. The first-order valence-corrected chi connectivity index (χ1v) is 5.36. The molecule has 1 aliphatic carbocycles. The van der Waals surface area contributed by atoms with Crippen LogP contribution in [0.25, 0.3) is 10.9 Å². The maximum atomic E-state index is 13.0. The topological polar surface area (TPSA) is 34.9 Å². The highest BCUT2D eigenvalue weighted by Gasteiger charge is 2.30. The molecular formula is C12H11FN2O. The third-order valence-corrected chi connectivity index (χ3v) is 3.20. The first kappa shape index (κ1) is 9.51. The smallest absolute Gasteiger partial charge is 0.124 e. The number of rotatable bonds is 2. The van der Waals surface area contributed by atoms with E-state index in [4.69, 9.17) is 0 Å². The van der Waals surface area contributed by atoms with E-state index < -0.39 is 0 Å². The van der Waals surface area contributed by atoms with Gasteiger partial charge < -0.3 is 4.79 Å². The average Bonchev–Trinajstić information content (AvgIpc) is 2.58. The van der Waals surface area contributed by atoms with Gasteiger partial charge in [0.25, 0.3) is 0 Å². The molecule has 0 aliphatic heterocycles. The predicted octanol–water partition coefficient (Wildman–Crippen LogP) is 2.33. The lowest BCUT2D eigenvalue weighted by molar-refractivity contribution is -0.114. The number of aromatic nitrogens is 2. The van der Waals surface area contributed by atoms with Crippen molar-refractivity contribution in [1.29, 1.82) is 0 Å². The molecular weight excluding hydrogens is 207 g/mol. The van der Waals surface area contributed by atoms with Crippen LogP contribution in [-0.4, -0.2) is 16.1 Å². The summed E-state index contributed by atoms with van der Waals surface area (Å²) in [4.78, 5) is 10.5. The van der Waals surface area contributed by atoms with Crippen LogP contribution in [-0.2, 0) is 4.79 Å². The molecule has 16 heavy (non-hydrogen) atoms. The van der Waals surface area contributed by atoms with Crippen molar-refractivity contribution in [3.05, 3.63) is 30.2 Å². The van der Waals surface area contributed by atoms with Gasteiger partial charge in [0.2, 0.25) is 0 Å². The van der Waals surface area contributed by atoms with Gasteiger partial charge in [-0.25, -0.2) is 4.39 Å². The molecule has 1 aromatic heterocycles. The van der Waals surface area contributed by atoms with E-state index in [-0.39, 0.29) is 11.7 Å². The summed E-state index contributed by atoms with van der Waals surface area (Å²) >= 11 is 0. The molecule has 0 N–H and O–H groups in total. The highest BCUT2D eigenvalue weighted by atomic mass is 19.1. The third-order valence-electron chi connectivity index (χ3n) is 3.20. The summed E-state index contributed by atoms with van der Waals surface area (Å²) in [5, 5.41) is 5.19. The molecule has 0 atom stereocenters. The molecule has 0 spiro atoms. The first-order valence-electron chi connectivity index (χ1n) is 5.36. The number of aldehydes is 1. The molecule has 3 nitrogen and oxygen atoms in total. The Morgan fingerprint density at radius 2 is 2.25 bits per heavy atom. The minimum Gasteiger partial charge on any atom is -0.303 e. The zero-order valence-corrected chi connectivity index (χ0v) is 8.64. The van der Waals surface area contributed by atoms with Gasteiger partial charge in [-0.2, -0.15) is 5.10 Å². The van der Waals surface area contributed by atoms with Crippen LogP contribution in [0, 0.1) is 11.7 Å². The van der Waals surface area contributed by atoms with E-state index in [1.165, 1.54) is 12.1 Å². The normalized spacial score (nSPS) is 24.3. The molecule has 1 saturated carbocycles. The Morgan fingerprint density at radius 3 is 3.00 bits per heavy atom. The summed E-state index contributed by atoms with van der Waals surface area (Å²) in [6.07, 6.45) is 4.55. The second-order valence-corrected chi connectivity index (χ2v) is 4.33. The van der Waals surface area contributed by atoms with E-state index in [0.29, 0.717) is 6.04 Å². The van der Waals surface area contributed by atoms with Crippen molar-refractivity contribution in [2.45, 2.75) is 18.9 Å². The zero-order valence-electron chi connectivity index (χ0n) is 8.64. The Balaban J connectivity index is 1.91. The Labute approximate surface area is 91.9 Å². The number of hydrogen-bond donors (Lipinski definition) is 0. The van der Waals surface area contributed by atoms with Crippen LogP contribution >= 0.6 is 0 Å². The van der Waals surface area contributed by atoms with Crippen LogP contribution in [0.1, 0.15) is 18.9 Å². The SMILES string of the molecule is O=CC1CC(n2cc3cc(F)ccc3n2)C1. The van der Waals surface area contributed by atoms with Gasteiger partial charge in [0.05, 0.1) is 11.6 Å². The summed E-state index contributed by atoms with van der Waals surface area (Å²) < 4.78 is 14.8. The van der Waals surface area contributed by atoms with Crippen molar-refractivity contribution >= 4 is 17.2 Å². The van der Waals surface area contributed by atoms with Gasteiger partial charge in [0.1, 0.15) is 12.1 Å². The molecule has 82 valence electrons. The second kappa shape index (κ2) is 3.40. The lowest BCUT2D eigenvalue weighted by Gasteiger charge is -2.31. The van der Waals surface area contributed by atoms with Crippen LogP contribution in [0.2, 0.25) is 0 Å². The van der Waals surface area contributed by atoms with Crippen LogP contribution in [0.3, 0.4) is 0 Å². The van der Waals surface area contributed by atoms with E-state index in [0.717, 1.165) is 30.0 Å². The van der Waals surface area contributed by atoms with Gasteiger partial charge in [0, 0.05) is 17.5 Å². The highest BCUT2D eigenvalue weighted by Crippen LogP contribution is 2.36. The van der Waals surface area contributed by atoms with Crippen molar-refractivity contribution in [2.75, 3.05) is 0 Å². The molecule has 0 radical (unpaired) electrons. The number of hydrogen-bond acceptors (Lipinski definition) is 2. The molecule has 1 heterocycles. The molecule has 4 heteroatoms. The number of carbonyl (C=O) groups excluding carboxylic acids is 1. The fraction of sp³-hybridized carbons (Fsp3) is 0.333. The van der Waals surface area contributed by atoms with Gasteiger partial charge in [-0.1, -0.05) is 0 Å². The molecule has 2 aromatic rings. The summed E-state index contributed by atoms with van der Waals surface area (Å²) in [6, 6.07) is 4.87. The van der Waals surface area contributed by atoms with Gasteiger partial charge in [-0.3, -0.25) is 4.68 Å². The van der Waals surface area contributed by atoms with Gasteiger partial charge in [-0.15, -0.1) is 0 Å². The standard InChI is InChI=1S/C12H11FN2O/c13-10-1-2-12-9(5-10)6-15(14-12)11-3-8(4-11)7-16/h1-2,5-8,11H,3-4H2. The highest BCUT2D eigenvalue weighted by molar-refractivity contribution is 5.77. The van der Waals surface area contributed by atoms with E-state index in [9.17, 15) is 9.18 Å². The number of halogens is 1. The van der Waals surface area contributed by atoms with Crippen LogP contribution in [0.4, 0.5) is 4.39 Å². The first-order chi connectivity index (χ1) is 7.76. The second-order valence-electron chi connectivity index (χ2n) is 4.33. The summed E-state index contributed by atoms with van der Waals surface area (Å²) in [5.41, 5.74) is 0.802. The quantitative estimate of drug-likeness (QED) is 0.725. The molecule has 0 unspecified atom stereocenters. The van der Waals surface area contributed by atoms with E-state index in [1.54, 1.807) is 6.07 Å². The summed E-state index contributed by atoms with van der Waals surface area (Å²) in [7, 11) is 0. The number of benzene rings is 1. The predicted molar refractivity (Wildman–Crippen MR) is 57.5 cm³/mol. The lowest BCUT2D eigenvalue weighted by Crippen LogP contribution is -2.27. The summed E-state index contributed by atoms with van der Waals surface area (Å²) in [5.74, 6) is -0.0690. The van der Waals surface area contributed by atoms with E-state index >= 15 is 0 Å². The van der Waals surface area contributed by atoms with Crippen LogP contribution < -0.4 is 0 Å². The Bertz CT molecular complexity index is 543. The van der Waals surface area contributed by atoms with Crippen molar-refractivity contribution in [3.63, 3.8) is 0 Å². The van der Waals surface area contributed by atoms with E-state index in [2.05, 4.69) is 5.10 Å². The molecule has 0 saturated heterocycles. The number of carbonyl (C=O) groups is 1. The van der Waals surface area contributed by atoms with Gasteiger partial charge in [0.15, 0.2) is 0 Å². The number of nitrogens with zero attached hydrogens (tertiary/aromatic N) is 2. The fourth-order valence-corrected chi connectivity index (χ4v) is 2.16. The van der Waals surface area contributed by atoms with E-state index in [1.807, 2.05) is 10.9 Å². The molecule has 1 fully saturated rings. The van der Waals surface area contributed by atoms with Crippen molar-refractivity contribution < 1.29 is 9.18 Å². The number of fused-ring (bicyclic) bond motifs is 1. The van der Waals surface area contributed by atoms with Crippen LogP contribution in [0.15, 0.2) is 24.4 Å². The van der Waals surface area contributed by atoms with Crippen molar-refractivity contribution in [1.82, 2.24) is 9.78 Å². The maximum absolute atomic E-state index is 13.0. The van der Waals surface area contributed by atoms with Crippen molar-refractivity contribution in [3.8, 4) is 0 Å². The van der Waals surface area contributed by atoms with Crippen LogP contribution in [0.5, 0.6) is 0 Å². The zero-order chi connectivity index (χ0) is 11.1. The fourth-order valence-electron chi connectivity index (χ4n) is 2.16. The molecule has 3 rings (SSSR count). The van der Waals surface area contributed by atoms with Gasteiger partial charge in [-0.05, 0) is 31.0 Å². The molecule has 0 bridgehead atoms. The molecule has 1 aliphatic rings. The Morgan fingerprint density at radius 1 is 1.44 bits per heavy atom. The van der Waals surface area contributed by atoms with Crippen molar-refractivity contribution in [2.24, 2.45) is 5.92 Å². The monoisotopic (exact) mass is 218 g/mol. The maximum Gasteiger partial charge on any atom is 0.124 e. The third kappa shape index (κ3) is 1.41. The Kier molecular flexibility index (Phi) is 2.02. The Hall–Kier alpha value is -1.71. The van der Waals surface area contributed by atoms with Gasteiger partial charge >= 0.3 is 0 Å². The average molecular weight is 218 g/mol. The lowest BCUT2D eigenvalue weighted by atomic mass is 9.81.